The Morgan fingerprint density at radius 3 is 2.30 bits per heavy atom. The van der Waals surface area contributed by atoms with Crippen LogP contribution in [-0.4, -0.2) is 38.1 Å². The molecule has 0 spiro atoms. The first kappa shape index (κ1) is 29.8. The Labute approximate surface area is 256 Å². The molecule has 2 saturated carbocycles. The van der Waals surface area contributed by atoms with Gasteiger partial charge >= 0.3 is 0 Å². The summed E-state index contributed by atoms with van der Waals surface area (Å²) in [7, 11) is 0. The minimum absolute atomic E-state index is 0.0682. The topological polar surface area (TPSA) is 133 Å². The lowest BCUT2D eigenvalue weighted by Crippen LogP contribution is -2.53. The molecule has 2 amide bonds. The number of carbonyl (C=O) groups is 2. The highest BCUT2D eigenvalue weighted by Gasteiger charge is 2.41. The number of anilines is 1. The van der Waals surface area contributed by atoms with Gasteiger partial charge in [-0.1, -0.05) is 70.3 Å². The first-order valence-corrected chi connectivity index (χ1v) is 15.8. The number of hydrogen-bond acceptors (Lipinski definition) is 6. The van der Waals surface area contributed by atoms with Crippen molar-refractivity contribution < 1.29 is 23.5 Å². The van der Waals surface area contributed by atoms with E-state index in [1.807, 2.05) is 6.92 Å². The number of nitrogens with zero attached hydrogens (tertiary/aromatic N) is 2. The maximum absolute atomic E-state index is 15.3. The van der Waals surface area contributed by atoms with Crippen LogP contribution in [-0.2, 0) is 4.79 Å². The predicted molar refractivity (Wildman–Crippen MR) is 166 cm³/mol. The third-order valence-corrected chi connectivity index (χ3v) is 9.66. The Bertz CT molecular complexity index is 1610. The molecule has 1 aromatic carbocycles. The number of aromatic amines is 1. The number of benzene rings is 1. The minimum Gasteiger partial charge on any atom is -0.507 e. The van der Waals surface area contributed by atoms with Crippen molar-refractivity contribution in [2.75, 3.05) is 5.32 Å². The number of carbonyl (C=O) groups excluding carboxylic acids is 2. The fourth-order valence-electron chi connectivity index (χ4n) is 7.60. The van der Waals surface area contributed by atoms with Gasteiger partial charge in [0.05, 0.1) is 16.6 Å². The lowest BCUT2D eigenvalue weighted by molar-refractivity contribution is -0.121. The van der Waals surface area contributed by atoms with Crippen molar-refractivity contribution >= 4 is 28.6 Å². The third kappa shape index (κ3) is 5.94. The van der Waals surface area contributed by atoms with Crippen molar-refractivity contribution in [3.05, 3.63) is 59.5 Å². The molecular weight excluding hydrogens is 561 g/mol. The first-order valence-electron chi connectivity index (χ1n) is 15.8. The molecule has 0 bridgehead atoms. The summed E-state index contributed by atoms with van der Waals surface area (Å²) in [6.07, 6.45) is 12.0. The third-order valence-electron chi connectivity index (χ3n) is 9.66. The molecule has 4 aromatic rings. The number of H-pyrrole nitrogens is 1. The fraction of sp³-hybridized carbons (Fsp3) is 0.471. The molecule has 0 radical (unpaired) electrons. The van der Waals surface area contributed by atoms with E-state index in [1.165, 1.54) is 25.2 Å². The number of fused-ring (bicyclic) bond motifs is 1. The Kier molecular flexibility index (Phi) is 8.68. The molecule has 3 heterocycles. The van der Waals surface area contributed by atoms with Crippen LogP contribution < -0.4 is 10.6 Å². The highest BCUT2D eigenvalue weighted by molar-refractivity contribution is 6.09. The Morgan fingerprint density at radius 1 is 1.00 bits per heavy atom. The summed E-state index contributed by atoms with van der Waals surface area (Å²) < 4.78 is 20.9. The van der Waals surface area contributed by atoms with Gasteiger partial charge in [0.2, 0.25) is 11.9 Å². The number of aromatic nitrogens is 3. The summed E-state index contributed by atoms with van der Waals surface area (Å²) in [5.74, 6) is -1.17. The van der Waals surface area contributed by atoms with Gasteiger partial charge < -0.3 is 20.2 Å². The molecule has 232 valence electrons. The van der Waals surface area contributed by atoms with Gasteiger partial charge in [-0.25, -0.2) is 4.98 Å². The van der Waals surface area contributed by atoms with Crippen LogP contribution in [0.2, 0.25) is 0 Å². The molecule has 0 unspecified atom stereocenters. The van der Waals surface area contributed by atoms with E-state index < -0.39 is 23.8 Å². The first-order chi connectivity index (χ1) is 21.3. The Balaban J connectivity index is 1.34. The van der Waals surface area contributed by atoms with Crippen LogP contribution in [0.15, 0.2) is 41.0 Å². The van der Waals surface area contributed by atoms with Crippen LogP contribution in [0.3, 0.4) is 0 Å². The van der Waals surface area contributed by atoms with Gasteiger partial charge in [0.1, 0.15) is 29.5 Å². The van der Waals surface area contributed by atoms with Crippen molar-refractivity contribution in [1.82, 2.24) is 20.5 Å². The Hall–Kier alpha value is -4.21. The van der Waals surface area contributed by atoms with Crippen LogP contribution in [0.4, 0.5) is 10.2 Å². The van der Waals surface area contributed by atoms with E-state index in [-0.39, 0.29) is 34.9 Å². The molecule has 2 aliphatic rings. The van der Waals surface area contributed by atoms with E-state index in [1.54, 1.807) is 31.2 Å². The average Bonchev–Trinajstić information content (AvgIpc) is 3.61. The molecule has 3 aromatic heterocycles. The maximum atomic E-state index is 15.3. The van der Waals surface area contributed by atoms with Crippen molar-refractivity contribution in [1.29, 1.82) is 0 Å². The SMILES string of the molecule is Cc1n[nH]c(C)c1-c1ccc(NC(=O)[C@@H](NC(=O)c2coc3cccc(O)c23)C(C2CCCCC2)C2CCCCC2)nc1F. The van der Waals surface area contributed by atoms with Gasteiger partial charge in [0.15, 0.2) is 0 Å². The summed E-state index contributed by atoms with van der Waals surface area (Å²) in [6.45, 7) is 3.61. The molecule has 1 atom stereocenters. The number of hydrogen-bond donors (Lipinski definition) is 4. The maximum Gasteiger partial charge on any atom is 0.255 e. The number of aromatic hydroxyl groups is 1. The molecule has 2 aliphatic carbocycles. The van der Waals surface area contributed by atoms with Crippen molar-refractivity contribution in [2.45, 2.75) is 84.1 Å². The van der Waals surface area contributed by atoms with Crippen molar-refractivity contribution in [3.8, 4) is 16.9 Å². The highest BCUT2D eigenvalue weighted by atomic mass is 19.1. The zero-order valence-corrected chi connectivity index (χ0v) is 25.3. The Morgan fingerprint density at radius 2 is 1.68 bits per heavy atom. The van der Waals surface area contributed by atoms with Gasteiger partial charge in [-0.05, 0) is 55.9 Å². The summed E-state index contributed by atoms with van der Waals surface area (Å²) in [5, 5.41) is 23.8. The van der Waals surface area contributed by atoms with Crippen molar-refractivity contribution in [3.63, 3.8) is 0 Å². The molecular formula is C34H40FN5O4. The fourth-order valence-corrected chi connectivity index (χ4v) is 7.60. The number of pyridine rings is 1. The lowest BCUT2D eigenvalue weighted by atomic mass is 9.66. The van der Waals surface area contributed by atoms with Crippen molar-refractivity contribution in [2.24, 2.45) is 17.8 Å². The summed E-state index contributed by atoms with van der Waals surface area (Å²) >= 11 is 0. The zero-order chi connectivity index (χ0) is 30.8. The van der Waals surface area contributed by atoms with E-state index in [0.717, 1.165) is 57.1 Å². The van der Waals surface area contributed by atoms with Gasteiger partial charge in [-0.3, -0.25) is 14.7 Å². The lowest BCUT2D eigenvalue weighted by Gasteiger charge is -2.41. The van der Waals surface area contributed by atoms with Gasteiger partial charge in [-0.2, -0.15) is 9.49 Å². The number of amides is 2. The summed E-state index contributed by atoms with van der Waals surface area (Å²) in [4.78, 5) is 32.2. The van der Waals surface area contributed by atoms with Crippen LogP contribution >= 0.6 is 0 Å². The second kappa shape index (κ2) is 12.8. The van der Waals surface area contributed by atoms with Crippen LogP contribution in [0.5, 0.6) is 5.75 Å². The number of halogens is 1. The number of aryl methyl sites for hydroxylation is 2. The smallest absolute Gasteiger partial charge is 0.255 e. The average molecular weight is 602 g/mol. The van der Waals surface area contributed by atoms with E-state index in [9.17, 15) is 14.7 Å². The molecule has 0 aliphatic heterocycles. The van der Waals surface area contributed by atoms with Gasteiger partial charge in [-0.15, -0.1) is 0 Å². The molecule has 2 fully saturated rings. The molecule has 44 heavy (non-hydrogen) atoms. The van der Waals surface area contributed by atoms with E-state index in [0.29, 0.717) is 27.8 Å². The van der Waals surface area contributed by atoms with Gasteiger partial charge in [0, 0.05) is 16.8 Å². The minimum atomic E-state index is -0.882. The molecule has 10 heteroatoms. The van der Waals surface area contributed by atoms with E-state index in [2.05, 4.69) is 25.8 Å². The standard InChI is InChI=1S/C34H40FN5O4/c1-19-28(20(2)40-39-19)23-16-17-27(36-32(23)35)37-34(43)31(29(21-10-5-3-6-11-21)22-12-7-4-8-13-22)38-33(42)24-18-44-26-15-9-14-25(41)30(24)26/h9,14-18,21-22,29,31,41H,3-8,10-13H2,1-2H3,(H,38,42)(H,39,40)(H,36,37,43)/t31-/m0/s1. The molecule has 0 saturated heterocycles. The normalized spacial score (nSPS) is 17.2. The number of phenolic OH excluding ortho intramolecular Hbond substituents is 1. The largest absolute Gasteiger partial charge is 0.507 e. The summed E-state index contributed by atoms with van der Waals surface area (Å²) in [5.41, 5.74) is 2.87. The molecule has 6 rings (SSSR count). The molecule has 9 nitrogen and oxygen atoms in total. The second-order valence-corrected chi connectivity index (χ2v) is 12.5. The van der Waals surface area contributed by atoms with Gasteiger partial charge in [0.25, 0.3) is 5.91 Å². The molecule has 4 N–H and O–H groups in total. The number of phenols is 1. The monoisotopic (exact) mass is 601 g/mol. The summed E-state index contributed by atoms with van der Waals surface area (Å²) in [6, 6.07) is 7.12. The highest BCUT2D eigenvalue weighted by Crippen LogP contribution is 2.42. The van der Waals surface area contributed by atoms with E-state index in [4.69, 9.17) is 4.42 Å². The predicted octanol–water partition coefficient (Wildman–Crippen LogP) is 7.19. The number of rotatable bonds is 8. The second-order valence-electron chi connectivity index (χ2n) is 12.5. The number of nitrogens with one attached hydrogen (secondary N) is 3. The van der Waals surface area contributed by atoms with Crippen LogP contribution in [0, 0.1) is 37.5 Å². The van der Waals surface area contributed by atoms with E-state index >= 15 is 4.39 Å². The quantitative estimate of drug-likeness (QED) is 0.158. The van der Waals surface area contributed by atoms with Crippen LogP contribution in [0.25, 0.3) is 22.1 Å². The zero-order valence-electron chi connectivity index (χ0n) is 25.3. The number of furan rings is 1. The van der Waals surface area contributed by atoms with Crippen LogP contribution in [0.1, 0.15) is 86.0 Å².